The van der Waals surface area contributed by atoms with Gasteiger partial charge in [-0.15, -0.1) is 0 Å². The van der Waals surface area contributed by atoms with E-state index in [-0.39, 0.29) is 0 Å². The number of rotatable bonds is 3. The van der Waals surface area contributed by atoms with Crippen LogP contribution < -0.4 is 0 Å². The van der Waals surface area contributed by atoms with Crippen molar-refractivity contribution in [2.45, 2.75) is 6.37 Å². The van der Waals surface area contributed by atoms with Gasteiger partial charge < -0.3 is 4.74 Å². The Morgan fingerprint density at radius 1 is 1.62 bits per heavy atom. The maximum absolute atomic E-state index is 11.5. The Morgan fingerprint density at radius 3 is 2.69 bits per heavy atom. The molecule has 0 aliphatic heterocycles. The number of carbonyl (C=O) groups excluding carboxylic acids is 1. The van der Waals surface area contributed by atoms with Crippen molar-refractivity contribution in [3.63, 3.8) is 0 Å². The van der Waals surface area contributed by atoms with Crippen molar-refractivity contribution in [1.29, 1.82) is 0 Å². The van der Waals surface area contributed by atoms with Gasteiger partial charge >= 0.3 is 5.97 Å². The van der Waals surface area contributed by atoms with Crippen LogP contribution in [0.4, 0.5) is 0 Å². The Hall–Kier alpha value is -0.580. The summed E-state index contributed by atoms with van der Waals surface area (Å²) in [7, 11) is 1.02. The van der Waals surface area contributed by atoms with E-state index in [1.165, 1.54) is 22.6 Å². The molecule has 0 N–H and O–H groups in total. The highest BCUT2D eigenvalue weighted by Crippen LogP contribution is 2.07. The van der Waals surface area contributed by atoms with Crippen LogP contribution in [0.3, 0.4) is 0 Å². The molecular formula is C10H11IO2. The normalized spacial score (nSPS) is 20.8. The first-order chi connectivity index (χ1) is 9.37. The van der Waals surface area contributed by atoms with Crippen LogP contribution >= 0.6 is 22.6 Å². The monoisotopic (exact) mass is 298 g/mol. The standard InChI is InChI=1S/C10H11IO2/c1-13-10(12)9-4-2-8(3-5-9)6-7-11/h2-5H,6-7H2,1H3/i2D,3D,4D,5D,6D2,7D2. The third-order valence-electron chi connectivity index (χ3n) is 1.19. The van der Waals surface area contributed by atoms with Crippen molar-refractivity contribution in [3.8, 4) is 0 Å². The molecule has 1 rings (SSSR count). The number of hydrogen-bond acceptors (Lipinski definition) is 2. The van der Waals surface area contributed by atoms with Gasteiger partial charge in [0.25, 0.3) is 0 Å². The maximum Gasteiger partial charge on any atom is 0.337 e. The van der Waals surface area contributed by atoms with Gasteiger partial charge in [0.05, 0.1) is 18.2 Å². The highest BCUT2D eigenvalue weighted by atomic mass is 127. The molecular weight excluding hydrogens is 279 g/mol. The predicted molar refractivity (Wildman–Crippen MR) is 60.4 cm³/mol. The van der Waals surface area contributed by atoms with Gasteiger partial charge in [0.1, 0.15) is 0 Å². The van der Waals surface area contributed by atoms with Gasteiger partial charge in [-0.25, -0.2) is 4.79 Å². The number of hydrogen-bond donors (Lipinski definition) is 0. The van der Waals surface area contributed by atoms with Gasteiger partial charge in [0, 0.05) is 9.86 Å². The summed E-state index contributed by atoms with van der Waals surface area (Å²) in [5.41, 5.74) is -1.34. The third-order valence-corrected chi connectivity index (χ3v) is 1.46. The van der Waals surface area contributed by atoms with Crippen LogP contribution in [0.5, 0.6) is 0 Å². The average molecular weight is 298 g/mol. The van der Waals surface area contributed by atoms with Crippen molar-refractivity contribution >= 4 is 28.6 Å². The fraction of sp³-hybridized carbons (Fsp3) is 0.300. The van der Waals surface area contributed by atoms with E-state index in [0.29, 0.717) is 0 Å². The molecule has 2 nitrogen and oxygen atoms in total. The first kappa shape index (κ1) is 3.88. The minimum absolute atomic E-state index is 0.610. The number of esters is 1. The van der Waals surface area contributed by atoms with E-state index in [9.17, 15) is 4.79 Å². The second-order valence-corrected chi connectivity index (χ2v) is 2.50. The minimum Gasteiger partial charge on any atom is -0.465 e. The van der Waals surface area contributed by atoms with Gasteiger partial charge in [-0.1, -0.05) is 34.7 Å². The van der Waals surface area contributed by atoms with Gasteiger partial charge in [-0.2, -0.15) is 0 Å². The summed E-state index contributed by atoms with van der Waals surface area (Å²) in [4.78, 5) is 11.5. The van der Waals surface area contributed by atoms with Crippen LogP contribution in [0.15, 0.2) is 24.2 Å². The highest BCUT2D eigenvalue weighted by molar-refractivity contribution is 14.1. The lowest BCUT2D eigenvalue weighted by Gasteiger charge is -2.00. The van der Waals surface area contributed by atoms with Crippen LogP contribution in [0.25, 0.3) is 0 Å². The number of halogens is 1. The van der Waals surface area contributed by atoms with E-state index in [2.05, 4.69) is 4.74 Å². The topological polar surface area (TPSA) is 26.3 Å². The Balaban J connectivity index is 3.79. The van der Waals surface area contributed by atoms with Gasteiger partial charge in [-0.3, -0.25) is 0 Å². The molecule has 0 spiro atoms. The Kier molecular flexibility index (Phi) is 1.56. The zero-order chi connectivity index (χ0) is 16.7. The fourth-order valence-corrected chi connectivity index (χ4v) is 0.896. The van der Waals surface area contributed by atoms with E-state index in [1.807, 2.05) is 0 Å². The number of methoxy groups -OCH3 is 1. The van der Waals surface area contributed by atoms with Gasteiger partial charge in [0.15, 0.2) is 0 Å². The molecule has 3 heteroatoms. The van der Waals surface area contributed by atoms with Crippen molar-refractivity contribution in [2.75, 3.05) is 11.5 Å². The Morgan fingerprint density at radius 2 is 2.23 bits per heavy atom. The molecule has 1 aromatic carbocycles. The Labute approximate surface area is 103 Å². The first-order valence-electron chi connectivity index (χ1n) is 7.26. The summed E-state index contributed by atoms with van der Waals surface area (Å²) < 4.78 is 63.4. The number of alkyl halides is 1. The molecule has 0 saturated carbocycles. The lowest BCUT2D eigenvalue weighted by molar-refractivity contribution is 0.0601. The predicted octanol–water partition coefficient (Wildman–Crippen LogP) is 2.45. The van der Waals surface area contributed by atoms with E-state index in [0.717, 1.165) is 7.11 Å². The lowest BCUT2D eigenvalue weighted by Crippen LogP contribution is -2.00. The summed E-state index contributed by atoms with van der Waals surface area (Å²) in [5, 5.41) is 0. The molecule has 0 heterocycles. The summed E-state index contributed by atoms with van der Waals surface area (Å²) in [6.45, 7) is 0. The molecule has 70 valence electrons. The molecule has 0 aliphatic carbocycles. The molecule has 0 amide bonds. The van der Waals surface area contributed by atoms with E-state index in [1.54, 1.807) is 0 Å². The number of ether oxygens (including phenoxy) is 1. The van der Waals surface area contributed by atoms with Crippen molar-refractivity contribution in [2.24, 2.45) is 0 Å². The number of benzene rings is 1. The second-order valence-electron chi connectivity index (χ2n) is 1.96. The van der Waals surface area contributed by atoms with Gasteiger partial charge in [-0.05, 0) is 24.0 Å². The molecule has 0 aliphatic rings. The molecule has 13 heavy (non-hydrogen) atoms. The van der Waals surface area contributed by atoms with E-state index >= 15 is 0 Å². The quantitative estimate of drug-likeness (QED) is 0.487. The first-order valence-corrected chi connectivity index (χ1v) is 4.33. The summed E-state index contributed by atoms with van der Waals surface area (Å²) in [6, 6.07) is -3.13. The van der Waals surface area contributed by atoms with Gasteiger partial charge in [0.2, 0.25) is 0 Å². The zero-order valence-electron chi connectivity index (χ0n) is 14.7. The van der Waals surface area contributed by atoms with Crippen molar-refractivity contribution in [1.82, 2.24) is 0 Å². The van der Waals surface area contributed by atoms with E-state index in [4.69, 9.17) is 11.0 Å². The van der Waals surface area contributed by atoms with Crippen LogP contribution in [-0.4, -0.2) is 17.5 Å². The Bertz CT molecular complexity index is 567. The smallest absolute Gasteiger partial charge is 0.337 e. The molecule has 1 aromatic rings. The van der Waals surface area contributed by atoms with Crippen LogP contribution in [0.1, 0.15) is 26.9 Å². The largest absolute Gasteiger partial charge is 0.465 e. The lowest BCUT2D eigenvalue weighted by atomic mass is 10.1. The van der Waals surface area contributed by atoms with Crippen molar-refractivity contribution in [3.05, 3.63) is 35.3 Å². The number of carbonyl (C=O) groups is 1. The summed E-state index contributed by atoms with van der Waals surface area (Å²) in [5.74, 6) is -1.07. The van der Waals surface area contributed by atoms with E-state index < -0.39 is 52.0 Å². The third kappa shape index (κ3) is 2.99. The molecule has 0 saturated heterocycles. The molecule has 0 radical (unpaired) electrons. The molecule has 0 aromatic heterocycles. The minimum atomic E-state index is -2.78. The second kappa shape index (κ2) is 5.21. The summed E-state index contributed by atoms with van der Waals surface area (Å²) >= 11 is 1.19. The summed E-state index contributed by atoms with van der Waals surface area (Å²) in [6.07, 6.45) is -2.78. The zero-order valence-corrected chi connectivity index (χ0v) is 8.85. The van der Waals surface area contributed by atoms with Crippen molar-refractivity contribution < 1.29 is 20.5 Å². The SMILES string of the molecule is [2H]c1c([2H])c(C([2H])([2H])C([2H])([2H])I)c([2H])c([2H])c1C(=O)OC. The fourth-order valence-electron chi connectivity index (χ4n) is 0.626. The maximum atomic E-state index is 11.5. The molecule has 0 atom stereocenters. The highest BCUT2D eigenvalue weighted by Gasteiger charge is 2.03. The van der Waals surface area contributed by atoms with Crippen LogP contribution in [0.2, 0.25) is 0 Å². The van der Waals surface area contributed by atoms with Crippen LogP contribution in [-0.2, 0) is 11.1 Å². The molecule has 0 unspecified atom stereocenters. The van der Waals surface area contributed by atoms with Crippen LogP contribution in [0, 0.1) is 0 Å². The molecule has 0 bridgehead atoms. The average Bonchev–Trinajstić information content (AvgIpc) is 2.35. The molecule has 0 fully saturated rings.